The molecular formula is C16H26O2. The molecule has 0 amide bonds. The Labute approximate surface area is 111 Å². The van der Waals surface area contributed by atoms with Crippen LogP contribution in [0.1, 0.15) is 53.4 Å². The van der Waals surface area contributed by atoms with E-state index in [9.17, 15) is 4.79 Å². The van der Waals surface area contributed by atoms with E-state index in [4.69, 9.17) is 4.74 Å². The van der Waals surface area contributed by atoms with Gasteiger partial charge in [-0.3, -0.25) is 4.79 Å². The van der Waals surface area contributed by atoms with E-state index in [-0.39, 0.29) is 22.9 Å². The van der Waals surface area contributed by atoms with E-state index in [1.165, 1.54) is 6.42 Å². The molecule has 2 aliphatic rings. The minimum atomic E-state index is -0.299. The molecule has 1 aliphatic carbocycles. The Kier molecular flexibility index (Phi) is 3.44. The van der Waals surface area contributed by atoms with Crippen molar-refractivity contribution in [3.05, 3.63) is 12.7 Å². The lowest BCUT2D eigenvalue weighted by Gasteiger charge is -2.52. The minimum Gasteiger partial charge on any atom is -0.360 e. The minimum absolute atomic E-state index is 0.218. The monoisotopic (exact) mass is 250 g/mol. The fraction of sp³-hybridized carbons (Fsp3) is 0.812. The fourth-order valence-corrected chi connectivity index (χ4v) is 4.45. The van der Waals surface area contributed by atoms with E-state index in [0.29, 0.717) is 18.3 Å². The molecular weight excluding hydrogens is 224 g/mol. The van der Waals surface area contributed by atoms with Crippen molar-refractivity contribution in [2.24, 2.45) is 17.3 Å². The van der Waals surface area contributed by atoms with Crippen molar-refractivity contribution >= 4 is 5.78 Å². The average Bonchev–Trinajstić information content (AvgIpc) is 2.35. The van der Waals surface area contributed by atoms with Crippen molar-refractivity contribution in [3.8, 4) is 0 Å². The van der Waals surface area contributed by atoms with Crippen LogP contribution in [0.3, 0.4) is 0 Å². The van der Waals surface area contributed by atoms with Crippen LogP contribution in [0.4, 0.5) is 0 Å². The van der Waals surface area contributed by atoms with Crippen LogP contribution in [0.2, 0.25) is 0 Å². The van der Waals surface area contributed by atoms with Crippen molar-refractivity contribution in [3.63, 3.8) is 0 Å². The summed E-state index contributed by atoms with van der Waals surface area (Å²) in [5.74, 6) is 1.01. The standard InChI is InChI=1S/C16H26O2/c1-6-16-9-7-8-15(4,5)14(16)11(2)10-13(17)12(3)18-16/h6,11-12,14H,1,7-10H2,2-5H3/t11-,12-,14-,16?/m1/s1. The summed E-state index contributed by atoms with van der Waals surface area (Å²) < 4.78 is 6.20. The summed E-state index contributed by atoms with van der Waals surface area (Å²) in [6, 6.07) is 0. The summed E-state index contributed by atoms with van der Waals surface area (Å²) in [7, 11) is 0. The van der Waals surface area contributed by atoms with Gasteiger partial charge in [-0.2, -0.15) is 0 Å². The molecule has 2 rings (SSSR count). The highest BCUT2D eigenvalue weighted by Gasteiger charge is 2.53. The van der Waals surface area contributed by atoms with E-state index in [1.807, 2.05) is 13.0 Å². The summed E-state index contributed by atoms with van der Waals surface area (Å²) in [6.45, 7) is 12.8. The van der Waals surface area contributed by atoms with E-state index in [0.717, 1.165) is 12.8 Å². The van der Waals surface area contributed by atoms with Crippen LogP contribution in [0.5, 0.6) is 0 Å². The van der Waals surface area contributed by atoms with Gasteiger partial charge in [0.15, 0.2) is 5.78 Å². The van der Waals surface area contributed by atoms with Crippen molar-refractivity contribution in [2.75, 3.05) is 0 Å². The number of rotatable bonds is 1. The number of hydrogen-bond donors (Lipinski definition) is 0. The number of carbonyl (C=O) groups excluding carboxylic acids is 1. The summed E-state index contributed by atoms with van der Waals surface area (Å²) in [5, 5.41) is 0. The number of hydrogen-bond acceptors (Lipinski definition) is 2. The maximum Gasteiger partial charge on any atom is 0.161 e. The van der Waals surface area contributed by atoms with Crippen LogP contribution in [-0.2, 0) is 9.53 Å². The zero-order chi connectivity index (χ0) is 13.6. The third-order valence-electron chi connectivity index (χ3n) is 5.04. The predicted molar refractivity (Wildman–Crippen MR) is 73.4 cm³/mol. The van der Waals surface area contributed by atoms with Crippen molar-refractivity contribution < 1.29 is 9.53 Å². The fourth-order valence-electron chi connectivity index (χ4n) is 4.45. The van der Waals surface area contributed by atoms with Crippen molar-refractivity contribution in [1.29, 1.82) is 0 Å². The predicted octanol–water partition coefficient (Wildman–Crippen LogP) is 3.75. The third-order valence-corrected chi connectivity index (χ3v) is 5.04. The lowest BCUT2D eigenvalue weighted by atomic mass is 9.57. The molecule has 0 aromatic carbocycles. The molecule has 18 heavy (non-hydrogen) atoms. The highest BCUT2D eigenvalue weighted by atomic mass is 16.5. The molecule has 0 radical (unpaired) electrons. The average molecular weight is 250 g/mol. The molecule has 2 fully saturated rings. The lowest BCUT2D eigenvalue weighted by Crippen LogP contribution is -2.52. The van der Waals surface area contributed by atoms with Gasteiger partial charge >= 0.3 is 0 Å². The number of carbonyl (C=O) groups is 1. The molecule has 0 spiro atoms. The Morgan fingerprint density at radius 3 is 2.61 bits per heavy atom. The molecule has 2 nitrogen and oxygen atoms in total. The van der Waals surface area contributed by atoms with Crippen molar-refractivity contribution in [2.45, 2.75) is 65.1 Å². The number of ether oxygens (including phenoxy) is 1. The zero-order valence-electron chi connectivity index (χ0n) is 12.2. The molecule has 2 heteroatoms. The van der Waals surface area contributed by atoms with Gasteiger partial charge in [0.25, 0.3) is 0 Å². The first-order valence-electron chi connectivity index (χ1n) is 7.16. The summed E-state index contributed by atoms with van der Waals surface area (Å²) >= 11 is 0. The van der Waals surface area contributed by atoms with Gasteiger partial charge in [0.2, 0.25) is 0 Å². The second-order valence-electron chi connectivity index (χ2n) is 6.89. The Bertz CT molecular complexity index is 358. The molecule has 1 unspecified atom stereocenters. The van der Waals surface area contributed by atoms with Gasteiger partial charge in [-0.05, 0) is 43.4 Å². The second kappa shape index (κ2) is 4.48. The van der Waals surface area contributed by atoms with Gasteiger partial charge in [-0.25, -0.2) is 0 Å². The first kappa shape index (κ1) is 13.8. The van der Waals surface area contributed by atoms with Crippen LogP contribution >= 0.6 is 0 Å². The van der Waals surface area contributed by atoms with Gasteiger partial charge < -0.3 is 4.74 Å². The summed E-state index contributed by atoms with van der Waals surface area (Å²) in [6.07, 6.45) is 5.71. The maximum absolute atomic E-state index is 12.1. The molecule has 1 heterocycles. The van der Waals surface area contributed by atoms with Gasteiger partial charge in [0.1, 0.15) is 6.10 Å². The summed E-state index contributed by atoms with van der Waals surface area (Å²) in [5.41, 5.74) is -0.0804. The largest absolute Gasteiger partial charge is 0.360 e. The van der Waals surface area contributed by atoms with Gasteiger partial charge in [-0.1, -0.05) is 26.8 Å². The topological polar surface area (TPSA) is 26.3 Å². The molecule has 1 saturated carbocycles. The van der Waals surface area contributed by atoms with Gasteiger partial charge in [0, 0.05) is 6.42 Å². The van der Waals surface area contributed by atoms with Crippen LogP contribution in [0, 0.1) is 17.3 Å². The Morgan fingerprint density at radius 1 is 1.33 bits per heavy atom. The van der Waals surface area contributed by atoms with E-state index in [2.05, 4.69) is 27.4 Å². The van der Waals surface area contributed by atoms with Gasteiger partial charge in [0.05, 0.1) is 5.60 Å². The number of fused-ring (bicyclic) bond motifs is 1. The maximum atomic E-state index is 12.1. The van der Waals surface area contributed by atoms with Crippen LogP contribution in [-0.4, -0.2) is 17.5 Å². The Hall–Kier alpha value is -0.630. The molecule has 0 N–H and O–H groups in total. The third kappa shape index (κ3) is 2.05. The smallest absolute Gasteiger partial charge is 0.161 e. The molecule has 102 valence electrons. The van der Waals surface area contributed by atoms with Crippen LogP contribution in [0.15, 0.2) is 12.7 Å². The lowest BCUT2D eigenvalue weighted by molar-refractivity contribution is -0.153. The van der Waals surface area contributed by atoms with Gasteiger partial charge in [-0.15, -0.1) is 6.58 Å². The highest BCUT2D eigenvalue weighted by Crippen LogP contribution is 2.54. The number of ketones is 1. The molecule has 0 aromatic rings. The van der Waals surface area contributed by atoms with Crippen molar-refractivity contribution in [1.82, 2.24) is 0 Å². The first-order chi connectivity index (χ1) is 8.32. The zero-order valence-corrected chi connectivity index (χ0v) is 12.2. The van der Waals surface area contributed by atoms with Crippen LogP contribution in [0.25, 0.3) is 0 Å². The molecule has 1 saturated heterocycles. The normalized spacial score (nSPS) is 44.0. The molecule has 1 aliphatic heterocycles. The SMILES string of the molecule is C=CC12CCCC(C)(C)[C@H]1[C@H](C)CC(=O)[C@@H](C)O2. The van der Waals surface area contributed by atoms with E-state index < -0.39 is 0 Å². The molecule has 4 atom stereocenters. The quantitative estimate of drug-likeness (QED) is 0.662. The Balaban J connectivity index is 2.46. The number of Topliss-reactive ketones (excluding diaryl/α,β-unsaturated/α-hetero) is 1. The summed E-state index contributed by atoms with van der Waals surface area (Å²) in [4.78, 5) is 12.1. The highest BCUT2D eigenvalue weighted by molar-refractivity contribution is 5.83. The van der Waals surface area contributed by atoms with E-state index in [1.54, 1.807) is 0 Å². The molecule has 0 aromatic heterocycles. The first-order valence-corrected chi connectivity index (χ1v) is 7.16. The Morgan fingerprint density at radius 2 is 2.00 bits per heavy atom. The second-order valence-corrected chi connectivity index (χ2v) is 6.89. The van der Waals surface area contributed by atoms with Crippen LogP contribution < -0.4 is 0 Å². The molecule has 0 bridgehead atoms. The van der Waals surface area contributed by atoms with E-state index >= 15 is 0 Å².